The summed E-state index contributed by atoms with van der Waals surface area (Å²) in [5, 5.41) is 0.801. The first-order valence-corrected chi connectivity index (χ1v) is 13.5. The van der Waals surface area contributed by atoms with Gasteiger partial charge in [0.15, 0.2) is 0 Å². The first-order valence-electron chi connectivity index (χ1n) is 11.4. The van der Waals surface area contributed by atoms with E-state index in [1.54, 1.807) is 0 Å². The topological polar surface area (TPSA) is 49.2 Å². The number of likely N-dealkylation sites (tertiary alicyclic amines) is 1. The minimum atomic E-state index is -3.14. The van der Waals surface area contributed by atoms with Gasteiger partial charge in [-0.2, -0.15) is 0 Å². The van der Waals surface area contributed by atoms with Crippen molar-refractivity contribution in [2.45, 2.75) is 50.1 Å². The Morgan fingerprint density at radius 2 is 1.94 bits per heavy atom. The Labute approximate surface area is 190 Å². The van der Waals surface area contributed by atoms with E-state index in [0.717, 1.165) is 42.8 Å². The Hall–Kier alpha value is -1.40. The molecule has 3 atom stereocenters. The maximum absolute atomic E-state index is 12.2. The van der Waals surface area contributed by atoms with E-state index < -0.39 is 10.0 Å². The highest BCUT2D eigenvalue weighted by Crippen LogP contribution is 2.76. The number of likely N-dealkylation sites (N-methyl/N-ethyl adjacent to an activating group) is 1. The molecule has 0 amide bonds. The molecule has 1 saturated heterocycles. The molecule has 6 rings (SSSR count). The van der Waals surface area contributed by atoms with E-state index in [1.807, 2.05) is 12.1 Å². The van der Waals surface area contributed by atoms with Gasteiger partial charge in [-0.1, -0.05) is 41.9 Å². The van der Waals surface area contributed by atoms with Crippen molar-refractivity contribution in [2.24, 2.45) is 11.3 Å². The molecule has 4 aliphatic rings. The van der Waals surface area contributed by atoms with Gasteiger partial charge in [-0.05, 0) is 85.4 Å². The summed E-state index contributed by atoms with van der Waals surface area (Å²) in [6.45, 7) is 0.478. The quantitative estimate of drug-likeness (QED) is 0.615. The summed E-state index contributed by atoms with van der Waals surface area (Å²) in [7, 11) is -0.904. The summed E-state index contributed by atoms with van der Waals surface area (Å²) in [6, 6.07) is 16.6. The van der Waals surface area contributed by atoms with Crippen molar-refractivity contribution >= 4 is 21.6 Å². The van der Waals surface area contributed by atoms with Gasteiger partial charge in [-0.25, -0.2) is 13.1 Å². The lowest BCUT2D eigenvalue weighted by Crippen LogP contribution is -2.31. The van der Waals surface area contributed by atoms with Crippen LogP contribution in [0, 0.1) is 11.3 Å². The molecule has 1 aliphatic heterocycles. The van der Waals surface area contributed by atoms with Crippen molar-refractivity contribution in [2.75, 3.05) is 19.3 Å². The molecule has 2 aromatic carbocycles. The Morgan fingerprint density at radius 3 is 2.65 bits per heavy atom. The van der Waals surface area contributed by atoms with Crippen LogP contribution in [0.5, 0.6) is 0 Å². The zero-order valence-electron chi connectivity index (χ0n) is 17.9. The number of rotatable bonds is 8. The van der Waals surface area contributed by atoms with E-state index in [4.69, 9.17) is 11.6 Å². The number of nitrogens with one attached hydrogen (secondary N) is 1. The summed E-state index contributed by atoms with van der Waals surface area (Å²) in [6.07, 6.45) is 5.03. The van der Waals surface area contributed by atoms with Crippen LogP contribution in [0.25, 0.3) is 0 Å². The highest BCUT2D eigenvalue weighted by Gasteiger charge is 2.84. The largest absolute Gasteiger partial charge is 0.296 e. The molecule has 1 heterocycles. The highest BCUT2D eigenvalue weighted by molar-refractivity contribution is 7.89. The van der Waals surface area contributed by atoms with E-state index in [9.17, 15) is 8.42 Å². The normalized spacial score (nSPS) is 32.7. The molecule has 6 heteroatoms. The van der Waals surface area contributed by atoms with E-state index in [0.29, 0.717) is 23.8 Å². The number of nitrogens with zero attached hydrogens (tertiary/aromatic N) is 1. The van der Waals surface area contributed by atoms with Crippen molar-refractivity contribution in [3.05, 3.63) is 69.7 Å². The van der Waals surface area contributed by atoms with Crippen molar-refractivity contribution < 1.29 is 8.42 Å². The Kier molecular flexibility index (Phi) is 4.60. The fraction of sp³-hybridized carbons (Fsp3) is 0.520. The Morgan fingerprint density at radius 1 is 1.13 bits per heavy atom. The smallest absolute Gasteiger partial charge is 0.211 e. The Balaban J connectivity index is 1.20. The average molecular weight is 457 g/mol. The van der Waals surface area contributed by atoms with Crippen LogP contribution in [0.2, 0.25) is 5.02 Å². The standard InChI is InChI=1S/C25H29ClN2O2S/c1-28-23-24(28)25(23)14-19-8-7-16(9-10-27-31(29,30)15-17-5-6-17)12-21(19)22(25)13-18-3-2-4-20(26)11-18/h2-4,7-8,11-12,17,22-24,27H,5-6,9-10,13-15H2,1H3. The minimum absolute atomic E-state index is 0.289. The zero-order chi connectivity index (χ0) is 21.4. The molecule has 4 nitrogen and oxygen atoms in total. The summed E-state index contributed by atoms with van der Waals surface area (Å²) < 4.78 is 27.2. The molecule has 3 unspecified atom stereocenters. The van der Waals surface area contributed by atoms with Crippen LogP contribution in [0.15, 0.2) is 42.5 Å². The molecule has 2 saturated carbocycles. The second-order valence-corrected chi connectivity index (χ2v) is 12.4. The maximum atomic E-state index is 12.2. The summed E-state index contributed by atoms with van der Waals surface area (Å²) in [5.74, 6) is 1.18. The third kappa shape index (κ3) is 3.54. The summed E-state index contributed by atoms with van der Waals surface area (Å²) in [4.78, 5) is 2.49. The highest BCUT2D eigenvalue weighted by atomic mass is 35.5. The van der Waals surface area contributed by atoms with Gasteiger partial charge in [0.05, 0.1) is 5.75 Å². The van der Waals surface area contributed by atoms with E-state index in [2.05, 4.69) is 47.0 Å². The van der Waals surface area contributed by atoms with Gasteiger partial charge in [0.2, 0.25) is 10.0 Å². The number of sulfonamides is 1. The van der Waals surface area contributed by atoms with Gasteiger partial charge < -0.3 is 0 Å². The fourth-order valence-corrected chi connectivity index (χ4v) is 7.98. The monoisotopic (exact) mass is 456 g/mol. The predicted octanol–water partition coefficient (Wildman–Crippen LogP) is 3.78. The maximum Gasteiger partial charge on any atom is 0.211 e. The molecule has 3 aliphatic carbocycles. The molecule has 2 aromatic rings. The molecule has 1 N–H and O–H groups in total. The molecule has 0 aromatic heterocycles. The predicted molar refractivity (Wildman–Crippen MR) is 124 cm³/mol. The second kappa shape index (κ2) is 7.05. The summed E-state index contributed by atoms with van der Waals surface area (Å²) in [5.41, 5.74) is 5.87. The van der Waals surface area contributed by atoms with Gasteiger partial charge in [-0.15, -0.1) is 0 Å². The first-order chi connectivity index (χ1) is 14.9. The number of halogens is 1. The molecule has 0 bridgehead atoms. The van der Waals surface area contributed by atoms with Gasteiger partial charge in [0.25, 0.3) is 0 Å². The van der Waals surface area contributed by atoms with Crippen molar-refractivity contribution in [3.8, 4) is 0 Å². The molecular weight excluding hydrogens is 428 g/mol. The van der Waals surface area contributed by atoms with E-state index >= 15 is 0 Å². The zero-order valence-corrected chi connectivity index (χ0v) is 19.4. The minimum Gasteiger partial charge on any atom is -0.296 e. The van der Waals surface area contributed by atoms with Crippen LogP contribution in [-0.4, -0.2) is 44.7 Å². The summed E-state index contributed by atoms with van der Waals surface area (Å²) >= 11 is 6.27. The van der Waals surface area contributed by atoms with Crippen LogP contribution in [0.4, 0.5) is 0 Å². The van der Waals surface area contributed by atoms with Gasteiger partial charge in [0, 0.05) is 29.1 Å². The number of benzene rings is 2. The molecule has 164 valence electrons. The first kappa shape index (κ1) is 20.2. The van der Waals surface area contributed by atoms with Crippen LogP contribution >= 0.6 is 11.6 Å². The van der Waals surface area contributed by atoms with Crippen molar-refractivity contribution in [3.63, 3.8) is 0 Å². The van der Waals surface area contributed by atoms with E-state index in [1.165, 1.54) is 28.7 Å². The third-order valence-electron chi connectivity index (χ3n) is 8.03. The van der Waals surface area contributed by atoms with Crippen molar-refractivity contribution in [1.29, 1.82) is 0 Å². The van der Waals surface area contributed by atoms with Crippen LogP contribution < -0.4 is 4.72 Å². The SMILES string of the molecule is CN1C2C1C21Cc2ccc(CCNS(=O)(=O)CC3CC3)cc2C1Cc1cccc(Cl)c1. The second-order valence-electron chi connectivity index (χ2n) is 10.1. The number of hydrogen-bond acceptors (Lipinski definition) is 3. The van der Waals surface area contributed by atoms with Crippen LogP contribution in [0.3, 0.4) is 0 Å². The Bertz CT molecular complexity index is 1130. The van der Waals surface area contributed by atoms with Gasteiger partial charge in [0.1, 0.15) is 0 Å². The van der Waals surface area contributed by atoms with E-state index in [-0.39, 0.29) is 5.75 Å². The number of fused-ring (bicyclic) bond motifs is 4. The van der Waals surface area contributed by atoms with Crippen LogP contribution in [0.1, 0.15) is 41.0 Å². The fourth-order valence-electron chi connectivity index (χ4n) is 6.29. The van der Waals surface area contributed by atoms with Gasteiger partial charge in [-0.3, -0.25) is 4.90 Å². The third-order valence-corrected chi connectivity index (χ3v) is 9.82. The molecular formula is C25H29ClN2O2S. The molecule has 31 heavy (non-hydrogen) atoms. The molecule has 3 fully saturated rings. The lowest BCUT2D eigenvalue weighted by Gasteiger charge is -2.29. The lowest BCUT2D eigenvalue weighted by molar-refractivity contribution is 0.226. The number of hydrogen-bond donors (Lipinski definition) is 1. The van der Waals surface area contributed by atoms with Crippen LogP contribution in [-0.2, 0) is 29.3 Å². The molecule has 1 spiro atoms. The lowest BCUT2D eigenvalue weighted by atomic mass is 9.81. The van der Waals surface area contributed by atoms with Gasteiger partial charge >= 0.3 is 0 Å². The van der Waals surface area contributed by atoms with Crippen molar-refractivity contribution in [1.82, 2.24) is 9.62 Å². The molecule has 0 radical (unpaired) electrons. The average Bonchev–Trinajstić information content (AvgIpc) is 3.65.